The van der Waals surface area contributed by atoms with Crippen LogP contribution in [0.1, 0.15) is 25.3 Å². The summed E-state index contributed by atoms with van der Waals surface area (Å²) in [5.41, 5.74) is 0. The van der Waals surface area contributed by atoms with Gasteiger partial charge in [-0.15, -0.1) is 0 Å². The van der Waals surface area contributed by atoms with E-state index in [0.29, 0.717) is 11.8 Å². The molecule has 1 heterocycles. The van der Waals surface area contributed by atoms with Crippen LogP contribution in [0.15, 0.2) is 4.52 Å². The van der Waals surface area contributed by atoms with Crippen LogP contribution in [0, 0.1) is 0 Å². The first-order valence-electron chi connectivity index (χ1n) is 4.37. The fourth-order valence-electron chi connectivity index (χ4n) is 1.05. The summed E-state index contributed by atoms with van der Waals surface area (Å²) in [7, 11) is 5.65. The van der Waals surface area contributed by atoms with E-state index < -0.39 is 0 Å². The Morgan fingerprint density at radius 2 is 2.23 bits per heavy atom. The second kappa shape index (κ2) is 4.23. The minimum atomic E-state index is 0.154. The highest BCUT2D eigenvalue weighted by molar-refractivity contribution is 5.24. The smallest absolute Gasteiger partial charge is 0.265 e. The lowest BCUT2D eigenvalue weighted by Gasteiger charge is -2.07. The molecule has 1 atom stereocenters. The standard InChI is InChI=1S/C8H16N4O/c1-5-6(9-2)7-10-8(11-13-7)12(3)4/h6,9H,5H2,1-4H3. The molecule has 0 saturated carbocycles. The van der Waals surface area contributed by atoms with Crippen LogP contribution in [0.2, 0.25) is 0 Å². The summed E-state index contributed by atoms with van der Waals surface area (Å²) < 4.78 is 5.10. The van der Waals surface area contributed by atoms with E-state index in [1.165, 1.54) is 0 Å². The Morgan fingerprint density at radius 1 is 1.54 bits per heavy atom. The third kappa shape index (κ3) is 2.18. The van der Waals surface area contributed by atoms with Gasteiger partial charge in [0.05, 0.1) is 6.04 Å². The van der Waals surface area contributed by atoms with Crippen molar-refractivity contribution in [3.8, 4) is 0 Å². The van der Waals surface area contributed by atoms with E-state index in [1.54, 1.807) is 0 Å². The van der Waals surface area contributed by atoms with E-state index in [2.05, 4.69) is 22.4 Å². The third-order valence-corrected chi connectivity index (χ3v) is 1.89. The van der Waals surface area contributed by atoms with E-state index in [9.17, 15) is 0 Å². The molecule has 1 aromatic heterocycles. The molecule has 0 aromatic carbocycles. The van der Waals surface area contributed by atoms with Crippen LogP contribution >= 0.6 is 0 Å². The lowest BCUT2D eigenvalue weighted by molar-refractivity contribution is 0.334. The Labute approximate surface area is 78.1 Å². The molecule has 0 amide bonds. The molecular weight excluding hydrogens is 168 g/mol. The molecule has 0 aliphatic heterocycles. The Balaban J connectivity index is 2.78. The number of nitrogens with zero attached hydrogens (tertiary/aromatic N) is 3. The second-order valence-corrected chi connectivity index (χ2v) is 3.08. The van der Waals surface area contributed by atoms with Crippen molar-refractivity contribution < 1.29 is 4.52 Å². The molecule has 5 heteroatoms. The van der Waals surface area contributed by atoms with Crippen molar-refractivity contribution in [2.75, 3.05) is 26.0 Å². The molecule has 0 bridgehead atoms. The summed E-state index contributed by atoms with van der Waals surface area (Å²) in [5, 5.41) is 6.94. The number of rotatable bonds is 4. The van der Waals surface area contributed by atoms with Gasteiger partial charge in [0.15, 0.2) is 0 Å². The fourth-order valence-corrected chi connectivity index (χ4v) is 1.05. The minimum absolute atomic E-state index is 0.154. The number of anilines is 1. The maximum atomic E-state index is 5.10. The number of hydrogen-bond acceptors (Lipinski definition) is 5. The van der Waals surface area contributed by atoms with Crippen molar-refractivity contribution in [1.82, 2.24) is 15.5 Å². The van der Waals surface area contributed by atoms with E-state index in [1.807, 2.05) is 26.0 Å². The molecule has 0 spiro atoms. The Morgan fingerprint density at radius 3 is 2.62 bits per heavy atom. The summed E-state index contributed by atoms with van der Waals surface area (Å²) in [6.45, 7) is 2.07. The quantitative estimate of drug-likeness (QED) is 0.750. The van der Waals surface area contributed by atoms with Crippen molar-refractivity contribution in [1.29, 1.82) is 0 Å². The summed E-state index contributed by atoms with van der Waals surface area (Å²) >= 11 is 0. The van der Waals surface area contributed by atoms with Crippen molar-refractivity contribution >= 4 is 5.95 Å². The van der Waals surface area contributed by atoms with Crippen molar-refractivity contribution in [2.24, 2.45) is 0 Å². The number of aromatic nitrogens is 2. The van der Waals surface area contributed by atoms with Gasteiger partial charge in [0.25, 0.3) is 5.95 Å². The SMILES string of the molecule is CCC(NC)c1nc(N(C)C)no1. The van der Waals surface area contributed by atoms with Gasteiger partial charge in [-0.05, 0) is 18.6 Å². The molecule has 1 N–H and O–H groups in total. The Kier molecular flexibility index (Phi) is 3.25. The summed E-state index contributed by atoms with van der Waals surface area (Å²) in [6, 6.07) is 0.154. The van der Waals surface area contributed by atoms with Crippen LogP contribution in [0.4, 0.5) is 5.95 Å². The van der Waals surface area contributed by atoms with Gasteiger partial charge in [-0.1, -0.05) is 6.92 Å². The van der Waals surface area contributed by atoms with Gasteiger partial charge in [-0.25, -0.2) is 0 Å². The van der Waals surface area contributed by atoms with Crippen LogP contribution in [-0.2, 0) is 0 Å². The first-order chi connectivity index (χ1) is 6.19. The average Bonchev–Trinajstić information content (AvgIpc) is 2.56. The third-order valence-electron chi connectivity index (χ3n) is 1.89. The van der Waals surface area contributed by atoms with Crippen LogP contribution < -0.4 is 10.2 Å². The molecule has 74 valence electrons. The molecule has 0 saturated heterocycles. The van der Waals surface area contributed by atoms with E-state index in [4.69, 9.17) is 4.52 Å². The second-order valence-electron chi connectivity index (χ2n) is 3.08. The summed E-state index contributed by atoms with van der Waals surface area (Å²) in [4.78, 5) is 6.05. The minimum Gasteiger partial charge on any atom is -0.344 e. The van der Waals surface area contributed by atoms with Gasteiger partial charge in [0.2, 0.25) is 5.89 Å². The molecule has 5 nitrogen and oxygen atoms in total. The van der Waals surface area contributed by atoms with E-state index in [0.717, 1.165) is 6.42 Å². The molecule has 0 radical (unpaired) electrons. The number of nitrogens with one attached hydrogen (secondary N) is 1. The topological polar surface area (TPSA) is 54.2 Å². The molecular formula is C8H16N4O. The van der Waals surface area contributed by atoms with Crippen molar-refractivity contribution in [2.45, 2.75) is 19.4 Å². The van der Waals surface area contributed by atoms with Gasteiger partial charge < -0.3 is 14.7 Å². The van der Waals surface area contributed by atoms with E-state index in [-0.39, 0.29) is 6.04 Å². The van der Waals surface area contributed by atoms with Crippen molar-refractivity contribution in [3.63, 3.8) is 0 Å². The van der Waals surface area contributed by atoms with Gasteiger partial charge in [-0.2, -0.15) is 4.98 Å². The van der Waals surface area contributed by atoms with Gasteiger partial charge >= 0.3 is 0 Å². The molecule has 0 fully saturated rings. The lowest BCUT2D eigenvalue weighted by Crippen LogP contribution is -2.16. The van der Waals surface area contributed by atoms with Gasteiger partial charge in [-0.3, -0.25) is 0 Å². The Hall–Kier alpha value is -1.10. The monoisotopic (exact) mass is 184 g/mol. The molecule has 1 rings (SSSR count). The predicted octanol–water partition coefficient (Wildman–Crippen LogP) is 0.806. The lowest BCUT2D eigenvalue weighted by atomic mass is 10.2. The number of hydrogen-bond donors (Lipinski definition) is 1. The summed E-state index contributed by atoms with van der Waals surface area (Å²) in [5.74, 6) is 1.26. The highest BCUT2D eigenvalue weighted by Crippen LogP contribution is 2.15. The van der Waals surface area contributed by atoms with Crippen LogP contribution in [0.25, 0.3) is 0 Å². The maximum absolute atomic E-state index is 5.10. The fraction of sp³-hybridized carbons (Fsp3) is 0.750. The van der Waals surface area contributed by atoms with Crippen LogP contribution in [0.5, 0.6) is 0 Å². The van der Waals surface area contributed by atoms with E-state index >= 15 is 0 Å². The molecule has 13 heavy (non-hydrogen) atoms. The van der Waals surface area contributed by atoms with Gasteiger partial charge in [0.1, 0.15) is 0 Å². The van der Waals surface area contributed by atoms with Crippen LogP contribution in [-0.4, -0.2) is 31.3 Å². The maximum Gasteiger partial charge on any atom is 0.265 e. The molecule has 1 unspecified atom stereocenters. The Bertz CT molecular complexity index is 254. The zero-order chi connectivity index (χ0) is 9.84. The van der Waals surface area contributed by atoms with Crippen molar-refractivity contribution in [3.05, 3.63) is 5.89 Å². The first kappa shape index (κ1) is 9.98. The molecule has 1 aromatic rings. The average molecular weight is 184 g/mol. The zero-order valence-corrected chi connectivity index (χ0v) is 8.53. The molecule has 0 aliphatic carbocycles. The highest BCUT2D eigenvalue weighted by Gasteiger charge is 2.15. The normalized spacial score (nSPS) is 12.9. The molecule has 0 aliphatic rings. The predicted molar refractivity (Wildman–Crippen MR) is 50.7 cm³/mol. The highest BCUT2D eigenvalue weighted by atomic mass is 16.5. The largest absolute Gasteiger partial charge is 0.344 e. The van der Waals surface area contributed by atoms with Gasteiger partial charge in [0, 0.05) is 14.1 Å². The zero-order valence-electron chi connectivity index (χ0n) is 8.53. The van der Waals surface area contributed by atoms with Crippen LogP contribution in [0.3, 0.4) is 0 Å². The first-order valence-corrected chi connectivity index (χ1v) is 4.37. The summed E-state index contributed by atoms with van der Waals surface area (Å²) in [6.07, 6.45) is 0.936.